The lowest BCUT2D eigenvalue weighted by molar-refractivity contribution is -0.143. The first-order valence-electron chi connectivity index (χ1n) is 7.57. The Morgan fingerprint density at radius 1 is 1.04 bits per heavy atom. The zero-order chi connectivity index (χ0) is 17.5. The molecule has 1 unspecified atom stereocenters. The average molecular weight is 330 g/mol. The van der Waals surface area contributed by atoms with Crippen molar-refractivity contribution in [2.24, 2.45) is 5.92 Å². The van der Waals surface area contributed by atoms with E-state index >= 15 is 0 Å². The number of carbonyl (C=O) groups is 2. The summed E-state index contributed by atoms with van der Waals surface area (Å²) in [5.74, 6) is -2.95. The van der Waals surface area contributed by atoms with Crippen LogP contribution in [0, 0.1) is 11.7 Å². The average Bonchev–Trinajstić information content (AvgIpc) is 2.62. The Hall–Kier alpha value is -2.69. The van der Waals surface area contributed by atoms with Gasteiger partial charge in [0.25, 0.3) is 0 Å². The molecule has 0 aliphatic heterocycles. The summed E-state index contributed by atoms with van der Waals surface area (Å²) in [7, 11) is 2.51. The quantitative estimate of drug-likeness (QED) is 0.443. The van der Waals surface area contributed by atoms with Gasteiger partial charge in [-0.05, 0) is 30.5 Å². The number of benzene rings is 2. The van der Waals surface area contributed by atoms with E-state index in [0.717, 1.165) is 5.56 Å². The number of ketones is 1. The highest BCUT2D eigenvalue weighted by atomic mass is 19.1. The monoisotopic (exact) mass is 330 g/mol. The van der Waals surface area contributed by atoms with Crippen LogP contribution in [0.15, 0.2) is 48.5 Å². The van der Waals surface area contributed by atoms with Crippen LogP contribution < -0.4 is 4.74 Å². The summed E-state index contributed by atoms with van der Waals surface area (Å²) in [4.78, 5) is 24.8. The molecule has 0 N–H and O–H groups in total. The molecule has 0 spiro atoms. The molecule has 2 aromatic rings. The Morgan fingerprint density at radius 2 is 1.75 bits per heavy atom. The molecule has 0 aliphatic carbocycles. The lowest BCUT2D eigenvalue weighted by Gasteiger charge is -2.16. The Morgan fingerprint density at radius 3 is 2.38 bits per heavy atom. The summed E-state index contributed by atoms with van der Waals surface area (Å²) in [5, 5.41) is 0. The van der Waals surface area contributed by atoms with Gasteiger partial charge in [-0.3, -0.25) is 9.59 Å². The highest BCUT2D eigenvalue weighted by Crippen LogP contribution is 2.27. The SMILES string of the molecule is COC(=O)C(CCc1ccccc1)C(=O)c1cccc(F)c1OC. The van der Waals surface area contributed by atoms with Crippen LogP contribution in [0.3, 0.4) is 0 Å². The fourth-order valence-corrected chi connectivity index (χ4v) is 2.55. The van der Waals surface area contributed by atoms with E-state index in [9.17, 15) is 14.0 Å². The number of aryl methyl sites for hydroxylation is 1. The standard InChI is InChI=1S/C19H19FO4/c1-23-18-14(9-6-10-16(18)20)17(21)15(19(22)24-2)12-11-13-7-4-3-5-8-13/h3-10,15H,11-12H2,1-2H3. The number of methoxy groups -OCH3 is 2. The van der Waals surface area contributed by atoms with E-state index in [2.05, 4.69) is 0 Å². The first-order valence-corrected chi connectivity index (χ1v) is 7.57. The van der Waals surface area contributed by atoms with Crippen LogP contribution in [-0.4, -0.2) is 26.0 Å². The summed E-state index contributed by atoms with van der Waals surface area (Å²) in [6.07, 6.45) is 0.805. The van der Waals surface area contributed by atoms with Crippen molar-refractivity contribution in [1.29, 1.82) is 0 Å². The number of carbonyl (C=O) groups excluding carboxylic acids is 2. The van der Waals surface area contributed by atoms with Gasteiger partial charge in [0.1, 0.15) is 5.92 Å². The minimum Gasteiger partial charge on any atom is -0.493 e. The number of halogens is 1. The molecule has 126 valence electrons. The molecule has 0 saturated heterocycles. The predicted octanol–water partition coefficient (Wildman–Crippen LogP) is 3.44. The number of Topliss-reactive ketones (excluding diaryl/α,β-unsaturated/α-hetero) is 1. The van der Waals surface area contributed by atoms with E-state index in [4.69, 9.17) is 9.47 Å². The first-order chi connectivity index (χ1) is 11.6. The van der Waals surface area contributed by atoms with Gasteiger partial charge >= 0.3 is 5.97 Å². The highest BCUT2D eigenvalue weighted by molar-refractivity contribution is 6.10. The van der Waals surface area contributed by atoms with E-state index in [1.54, 1.807) is 0 Å². The van der Waals surface area contributed by atoms with Crippen LogP contribution in [0.4, 0.5) is 4.39 Å². The molecule has 1 atom stereocenters. The van der Waals surface area contributed by atoms with Crippen LogP contribution in [0.5, 0.6) is 5.75 Å². The molecular formula is C19H19FO4. The number of hydrogen-bond donors (Lipinski definition) is 0. The topological polar surface area (TPSA) is 52.6 Å². The molecule has 0 heterocycles. The molecule has 0 saturated carbocycles. The molecule has 0 fully saturated rings. The van der Waals surface area contributed by atoms with Crippen LogP contribution in [-0.2, 0) is 16.0 Å². The lowest BCUT2D eigenvalue weighted by Crippen LogP contribution is -2.26. The van der Waals surface area contributed by atoms with Crippen molar-refractivity contribution >= 4 is 11.8 Å². The lowest BCUT2D eigenvalue weighted by atomic mass is 9.91. The van der Waals surface area contributed by atoms with Crippen LogP contribution in [0.1, 0.15) is 22.3 Å². The largest absolute Gasteiger partial charge is 0.493 e. The molecule has 4 nitrogen and oxygen atoms in total. The molecule has 24 heavy (non-hydrogen) atoms. The van der Waals surface area contributed by atoms with E-state index < -0.39 is 23.5 Å². The maximum atomic E-state index is 13.8. The number of rotatable bonds is 7. The maximum Gasteiger partial charge on any atom is 0.316 e. The molecule has 0 radical (unpaired) electrons. The third kappa shape index (κ3) is 3.98. The van der Waals surface area contributed by atoms with Crippen LogP contribution in [0.25, 0.3) is 0 Å². The number of ether oxygens (including phenoxy) is 2. The Labute approximate surface area is 140 Å². The smallest absolute Gasteiger partial charge is 0.316 e. The van der Waals surface area contributed by atoms with Crippen LogP contribution >= 0.6 is 0 Å². The third-order valence-electron chi connectivity index (χ3n) is 3.80. The first kappa shape index (κ1) is 17.7. The van der Waals surface area contributed by atoms with Gasteiger partial charge < -0.3 is 9.47 Å². The summed E-state index contributed by atoms with van der Waals surface area (Å²) in [6, 6.07) is 13.6. The van der Waals surface area contributed by atoms with E-state index in [0.29, 0.717) is 6.42 Å². The van der Waals surface area contributed by atoms with Crippen molar-refractivity contribution in [2.45, 2.75) is 12.8 Å². The van der Waals surface area contributed by atoms with Gasteiger partial charge in [0, 0.05) is 0 Å². The molecule has 5 heteroatoms. The fourth-order valence-electron chi connectivity index (χ4n) is 2.55. The van der Waals surface area contributed by atoms with Gasteiger partial charge in [-0.2, -0.15) is 0 Å². The Kier molecular flexibility index (Phi) is 6.07. The van der Waals surface area contributed by atoms with Crippen molar-refractivity contribution in [3.63, 3.8) is 0 Å². The Bertz CT molecular complexity index is 713. The Balaban J connectivity index is 2.26. The fraction of sp³-hybridized carbons (Fsp3) is 0.263. The second-order valence-corrected chi connectivity index (χ2v) is 5.28. The predicted molar refractivity (Wildman–Crippen MR) is 87.6 cm³/mol. The van der Waals surface area contributed by atoms with Crippen molar-refractivity contribution < 1.29 is 23.5 Å². The molecule has 0 aliphatic rings. The van der Waals surface area contributed by atoms with Crippen molar-refractivity contribution in [1.82, 2.24) is 0 Å². The van der Waals surface area contributed by atoms with Gasteiger partial charge in [-0.1, -0.05) is 36.4 Å². The van der Waals surface area contributed by atoms with E-state index in [-0.39, 0.29) is 17.7 Å². The van der Waals surface area contributed by atoms with E-state index in [1.165, 1.54) is 32.4 Å². The molecule has 0 aromatic heterocycles. The summed E-state index contributed by atoms with van der Waals surface area (Å²) in [5.41, 5.74) is 1.05. The zero-order valence-electron chi connectivity index (χ0n) is 13.6. The van der Waals surface area contributed by atoms with E-state index in [1.807, 2.05) is 30.3 Å². The molecule has 2 rings (SSSR count). The molecule has 2 aromatic carbocycles. The van der Waals surface area contributed by atoms with Gasteiger partial charge in [0.15, 0.2) is 17.3 Å². The summed E-state index contributed by atoms with van der Waals surface area (Å²) in [6.45, 7) is 0. The summed E-state index contributed by atoms with van der Waals surface area (Å²) >= 11 is 0. The minimum atomic E-state index is -1.01. The molecular weight excluding hydrogens is 311 g/mol. The number of esters is 1. The van der Waals surface area contributed by atoms with Crippen molar-refractivity contribution in [3.8, 4) is 5.75 Å². The molecule has 0 bridgehead atoms. The highest BCUT2D eigenvalue weighted by Gasteiger charge is 2.31. The van der Waals surface area contributed by atoms with Gasteiger partial charge in [-0.15, -0.1) is 0 Å². The third-order valence-corrected chi connectivity index (χ3v) is 3.80. The van der Waals surface area contributed by atoms with Crippen molar-refractivity contribution in [3.05, 3.63) is 65.5 Å². The second-order valence-electron chi connectivity index (χ2n) is 5.28. The summed E-state index contributed by atoms with van der Waals surface area (Å²) < 4.78 is 23.5. The van der Waals surface area contributed by atoms with Crippen molar-refractivity contribution in [2.75, 3.05) is 14.2 Å². The minimum absolute atomic E-state index is 0.0426. The number of para-hydroxylation sites is 1. The van der Waals surface area contributed by atoms with Crippen LogP contribution in [0.2, 0.25) is 0 Å². The zero-order valence-corrected chi connectivity index (χ0v) is 13.6. The second kappa shape index (κ2) is 8.24. The normalized spacial score (nSPS) is 11.6. The van der Waals surface area contributed by atoms with Gasteiger partial charge in [0.2, 0.25) is 0 Å². The number of hydrogen-bond acceptors (Lipinski definition) is 4. The maximum absolute atomic E-state index is 13.8. The molecule has 0 amide bonds. The van der Waals surface area contributed by atoms with Gasteiger partial charge in [-0.25, -0.2) is 4.39 Å². The van der Waals surface area contributed by atoms with Gasteiger partial charge in [0.05, 0.1) is 19.8 Å².